The molecule has 0 radical (unpaired) electrons. The number of anilines is 4. The Kier molecular flexibility index (Phi) is 7.54. The van der Waals surface area contributed by atoms with Crippen LogP contribution in [-0.4, -0.2) is 98.5 Å². The van der Waals surface area contributed by atoms with Crippen LogP contribution < -0.4 is 20.4 Å². The molecule has 4 aromatic rings. The number of aromatic nitrogens is 7. The van der Waals surface area contributed by atoms with Crippen molar-refractivity contribution in [2.75, 3.05) is 68.0 Å². The summed E-state index contributed by atoms with van der Waals surface area (Å²) in [5, 5.41) is 11.2. The molecule has 6 rings (SSSR count). The Hall–Kier alpha value is -4.16. The Bertz CT molecular complexity index is 1330. The second-order valence-corrected chi connectivity index (χ2v) is 10.1. The van der Waals surface area contributed by atoms with Gasteiger partial charge in [0.1, 0.15) is 6.33 Å². The first-order valence-electron chi connectivity index (χ1n) is 13.4. The van der Waals surface area contributed by atoms with Gasteiger partial charge in [0.15, 0.2) is 0 Å². The van der Waals surface area contributed by atoms with E-state index in [4.69, 9.17) is 0 Å². The van der Waals surface area contributed by atoms with E-state index in [1.165, 1.54) is 5.56 Å². The van der Waals surface area contributed by atoms with Gasteiger partial charge >= 0.3 is 0 Å². The van der Waals surface area contributed by atoms with Crippen LogP contribution in [0.5, 0.6) is 0 Å². The molecule has 0 unspecified atom stereocenters. The molecule has 0 spiro atoms. The molecular formula is C27H34N12. The highest BCUT2D eigenvalue weighted by molar-refractivity contribution is 5.51. The number of nitrogens with zero attached hydrogens (tertiary/aromatic N) is 10. The number of hydrogen-bond acceptors (Lipinski definition) is 11. The molecule has 0 aliphatic carbocycles. The van der Waals surface area contributed by atoms with Crippen molar-refractivity contribution in [2.45, 2.75) is 19.0 Å². The van der Waals surface area contributed by atoms with Gasteiger partial charge in [-0.25, -0.2) is 19.9 Å². The van der Waals surface area contributed by atoms with E-state index in [9.17, 15) is 0 Å². The molecule has 0 amide bonds. The van der Waals surface area contributed by atoms with E-state index in [-0.39, 0.29) is 0 Å². The minimum atomic E-state index is 0.423. The Balaban J connectivity index is 1.02. The summed E-state index contributed by atoms with van der Waals surface area (Å²) in [4.78, 5) is 29.4. The van der Waals surface area contributed by atoms with Crippen LogP contribution in [0.4, 0.5) is 23.5 Å². The third-order valence-corrected chi connectivity index (χ3v) is 7.28. The maximum Gasteiger partial charge on any atom is 0.232 e. The predicted molar refractivity (Wildman–Crippen MR) is 150 cm³/mol. The summed E-state index contributed by atoms with van der Waals surface area (Å²) in [5.41, 5.74) is 3.22. The second-order valence-electron chi connectivity index (χ2n) is 10.1. The third kappa shape index (κ3) is 6.29. The minimum absolute atomic E-state index is 0.423. The summed E-state index contributed by atoms with van der Waals surface area (Å²) in [7, 11) is 2.16. The van der Waals surface area contributed by atoms with Crippen LogP contribution in [0.1, 0.15) is 11.1 Å². The monoisotopic (exact) mass is 526 g/mol. The molecule has 39 heavy (non-hydrogen) atoms. The number of rotatable bonds is 8. The summed E-state index contributed by atoms with van der Waals surface area (Å²) >= 11 is 0. The van der Waals surface area contributed by atoms with Crippen molar-refractivity contribution in [3.05, 3.63) is 72.6 Å². The van der Waals surface area contributed by atoms with Crippen molar-refractivity contribution in [2.24, 2.45) is 0 Å². The summed E-state index contributed by atoms with van der Waals surface area (Å²) in [6.07, 6.45) is 10.1. The highest BCUT2D eigenvalue weighted by Crippen LogP contribution is 2.18. The third-order valence-electron chi connectivity index (χ3n) is 7.28. The zero-order chi connectivity index (χ0) is 26.4. The first kappa shape index (κ1) is 25.1. The summed E-state index contributed by atoms with van der Waals surface area (Å²) in [6, 6.07) is 10.8. The van der Waals surface area contributed by atoms with E-state index in [1.807, 2.05) is 35.5 Å². The summed E-state index contributed by atoms with van der Waals surface area (Å²) in [5.74, 6) is 1.93. The van der Waals surface area contributed by atoms with Crippen molar-refractivity contribution in [1.82, 2.24) is 44.9 Å². The molecule has 2 saturated heterocycles. The van der Waals surface area contributed by atoms with Gasteiger partial charge in [-0.2, -0.15) is 10.1 Å². The fourth-order valence-corrected chi connectivity index (χ4v) is 4.98. The zero-order valence-electron chi connectivity index (χ0n) is 22.2. The van der Waals surface area contributed by atoms with Crippen LogP contribution in [0.3, 0.4) is 0 Å². The second kappa shape index (κ2) is 11.7. The topological polar surface area (TPSA) is 116 Å². The van der Waals surface area contributed by atoms with Gasteiger partial charge in [0, 0.05) is 76.9 Å². The maximum atomic E-state index is 4.67. The van der Waals surface area contributed by atoms with Gasteiger partial charge in [-0.3, -0.25) is 9.58 Å². The number of benzene rings is 1. The van der Waals surface area contributed by atoms with Crippen molar-refractivity contribution in [3.63, 3.8) is 0 Å². The standard InChI is InChI=1S/C27H34N12/c1-36-8-7-28-17-24(36)19-39-18-23(16-33-39)34-25-31-20-32-27(35-25)38-11-9-37(10-12-38)26-29-14-22(15-30-26)13-21-5-3-2-4-6-21/h2-6,14-16,18,20,24,28H,7-13,17,19H2,1H3,(H,31,32,34,35)/t24-/m1/s1. The zero-order valence-corrected chi connectivity index (χ0v) is 22.2. The molecule has 0 saturated carbocycles. The molecule has 0 bridgehead atoms. The van der Waals surface area contributed by atoms with Crippen LogP contribution in [0.15, 0.2) is 61.4 Å². The van der Waals surface area contributed by atoms with E-state index in [1.54, 1.807) is 6.33 Å². The average Bonchev–Trinajstić information content (AvgIpc) is 3.42. The van der Waals surface area contributed by atoms with Gasteiger partial charge in [0.25, 0.3) is 0 Å². The first-order chi connectivity index (χ1) is 19.2. The van der Waals surface area contributed by atoms with Crippen LogP contribution in [0.25, 0.3) is 0 Å². The van der Waals surface area contributed by atoms with E-state index in [2.05, 4.69) is 86.7 Å². The molecule has 202 valence electrons. The molecule has 12 heteroatoms. The van der Waals surface area contributed by atoms with Crippen LogP contribution in [-0.2, 0) is 13.0 Å². The van der Waals surface area contributed by atoms with Crippen LogP contribution in [0, 0.1) is 0 Å². The van der Waals surface area contributed by atoms with Crippen molar-refractivity contribution >= 4 is 23.5 Å². The largest absolute Gasteiger partial charge is 0.337 e. The highest BCUT2D eigenvalue weighted by atomic mass is 15.4. The Morgan fingerprint density at radius 2 is 1.64 bits per heavy atom. The van der Waals surface area contributed by atoms with Gasteiger partial charge in [-0.15, -0.1) is 0 Å². The van der Waals surface area contributed by atoms with E-state index < -0.39 is 0 Å². The van der Waals surface area contributed by atoms with Crippen LogP contribution in [0.2, 0.25) is 0 Å². The van der Waals surface area contributed by atoms with E-state index >= 15 is 0 Å². The van der Waals surface area contributed by atoms with Gasteiger partial charge < -0.3 is 20.4 Å². The number of nitrogens with one attached hydrogen (secondary N) is 2. The number of hydrogen-bond donors (Lipinski definition) is 2. The molecule has 2 aliphatic heterocycles. The smallest absolute Gasteiger partial charge is 0.232 e. The summed E-state index contributed by atoms with van der Waals surface area (Å²) in [6.45, 7) is 7.03. The molecule has 1 atom stereocenters. The molecule has 3 aromatic heterocycles. The predicted octanol–water partition coefficient (Wildman–Crippen LogP) is 1.42. The Labute approximate surface area is 228 Å². The number of likely N-dealkylation sites (N-methyl/N-ethyl adjacent to an activating group) is 1. The van der Waals surface area contributed by atoms with Gasteiger partial charge in [0.05, 0.1) is 18.4 Å². The van der Waals surface area contributed by atoms with Gasteiger partial charge in [-0.1, -0.05) is 30.3 Å². The minimum Gasteiger partial charge on any atom is -0.337 e. The molecule has 2 N–H and O–H groups in total. The van der Waals surface area contributed by atoms with E-state index in [0.717, 1.165) is 76.0 Å². The van der Waals surface area contributed by atoms with Gasteiger partial charge in [0.2, 0.25) is 17.8 Å². The van der Waals surface area contributed by atoms with E-state index in [0.29, 0.717) is 17.9 Å². The number of piperazine rings is 2. The summed E-state index contributed by atoms with van der Waals surface area (Å²) < 4.78 is 1.97. The molecule has 2 fully saturated rings. The Morgan fingerprint density at radius 3 is 2.41 bits per heavy atom. The van der Waals surface area contributed by atoms with Crippen molar-refractivity contribution < 1.29 is 0 Å². The molecule has 1 aromatic carbocycles. The van der Waals surface area contributed by atoms with Gasteiger partial charge in [-0.05, 0) is 18.2 Å². The lowest BCUT2D eigenvalue weighted by molar-refractivity contribution is 0.177. The quantitative estimate of drug-likeness (QED) is 0.347. The molecule has 5 heterocycles. The normalized spacial score (nSPS) is 18.3. The molecule has 2 aliphatic rings. The lowest BCUT2D eigenvalue weighted by atomic mass is 10.1. The lowest BCUT2D eigenvalue weighted by Crippen LogP contribution is -2.51. The fourth-order valence-electron chi connectivity index (χ4n) is 4.98. The molecular weight excluding hydrogens is 492 g/mol. The fraction of sp³-hybridized carbons (Fsp3) is 0.407. The SMILES string of the molecule is CN1CCNC[C@@H]1Cn1cc(Nc2ncnc(N3CCN(c4ncc(Cc5ccccc5)cn4)CC3)n2)cn1. The van der Waals surface area contributed by atoms with Crippen molar-refractivity contribution in [3.8, 4) is 0 Å². The maximum absolute atomic E-state index is 4.67. The Morgan fingerprint density at radius 1 is 0.872 bits per heavy atom. The molecule has 12 nitrogen and oxygen atoms in total. The van der Waals surface area contributed by atoms with Crippen molar-refractivity contribution in [1.29, 1.82) is 0 Å². The first-order valence-corrected chi connectivity index (χ1v) is 13.4. The highest BCUT2D eigenvalue weighted by Gasteiger charge is 2.22. The average molecular weight is 527 g/mol. The lowest BCUT2D eigenvalue weighted by Gasteiger charge is -2.34. The van der Waals surface area contributed by atoms with Crippen LogP contribution >= 0.6 is 0 Å².